The minimum atomic E-state index is 1.12. The van der Waals surface area contributed by atoms with E-state index in [4.69, 9.17) is 0 Å². The summed E-state index contributed by atoms with van der Waals surface area (Å²) in [6.45, 7) is 0. The van der Waals surface area contributed by atoms with Crippen molar-refractivity contribution < 1.29 is 0 Å². The predicted octanol–water partition coefficient (Wildman–Crippen LogP) is 13.4. The summed E-state index contributed by atoms with van der Waals surface area (Å²) in [6.07, 6.45) is 0. The van der Waals surface area contributed by atoms with Gasteiger partial charge in [-0.2, -0.15) is 0 Å². The van der Waals surface area contributed by atoms with Gasteiger partial charge in [0, 0.05) is 33.5 Å². The first-order valence-corrected chi connectivity index (χ1v) is 17.2. The highest BCUT2D eigenvalue weighted by Crippen LogP contribution is 2.40. The fourth-order valence-corrected chi connectivity index (χ4v) is 7.63. The molecule has 1 heterocycles. The van der Waals surface area contributed by atoms with Crippen LogP contribution in [0.3, 0.4) is 0 Å². The summed E-state index contributed by atoms with van der Waals surface area (Å²) in [5.41, 5.74) is 9.40. The Labute approximate surface area is 290 Å². The van der Waals surface area contributed by atoms with Crippen molar-refractivity contribution in [2.75, 3.05) is 4.90 Å². The fraction of sp³-hybridized carbons (Fsp3) is 0. The van der Waals surface area contributed by atoms with Crippen molar-refractivity contribution in [1.82, 2.24) is 4.57 Å². The molecule has 0 saturated carbocycles. The molecule has 0 saturated heterocycles. The van der Waals surface area contributed by atoms with E-state index in [1.807, 2.05) is 0 Å². The maximum atomic E-state index is 2.42. The van der Waals surface area contributed by atoms with E-state index < -0.39 is 0 Å². The first-order valence-electron chi connectivity index (χ1n) is 17.2. The maximum Gasteiger partial charge on any atom is 0.0547 e. The molecule has 0 N–H and O–H groups in total. The second-order valence-corrected chi connectivity index (χ2v) is 13.1. The molecule has 10 aromatic rings. The molecular weight excluding hydrogens is 605 g/mol. The lowest BCUT2D eigenvalue weighted by Gasteiger charge is -2.26. The molecule has 50 heavy (non-hydrogen) atoms. The molecule has 2 heteroatoms. The minimum absolute atomic E-state index is 1.12. The average molecular weight is 637 g/mol. The fourth-order valence-electron chi connectivity index (χ4n) is 7.63. The summed E-state index contributed by atoms with van der Waals surface area (Å²) < 4.78 is 2.42. The van der Waals surface area contributed by atoms with Gasteiger partial charge in [0.15, 0.2) is 0 Å². The number of nitrogens with zero attached hydrogens (tertiary/aromatic N) is 2. The van der Waals surface area contributed by atoms with Gasteiger partial charge in [0.1, 0.15) is 0 Å². The Morgan fingerprint density at radius 2 is 0.820 bits per heavy atom. The van der Waals surface area contributed by atoms with Crippen LogP contribution in [0, 0.1) is 0 Å². The van der Waals surface area contributed by atoms with Gasteiger partial charge in [-0.05, 0) is 110 Å². The van der Waals surface area contributed by atoms with Crippen molar-refractivity contribution in [3.05, 3.63) is 194 Å². The molecule has 0 spiro atoms. The van der Waals surface area contributed by atoms with E-state index in [-0.39, 0.29) is 0 Å². The third kappa shape index (κ3) is 4.73. The third-order valence-corrected chi connectivity index (χ3v) is 10.1. The second-order valence-electron chi connectivity index (χ2n) is 13.1. The van der Waals surface area contributed by atoms with Crippen molar-refractivity contribution in [3.63, 3.8) is 0 Å². The van der Waals surface area contributed by atoms with Crippen LogP contribution in [0.15, 0.2) is 194 Å². The number of rotatable bonds is 5. The van der Waals surface area contributed by atoms with Crippen LogP contribution in [0.2, 0.25) is 0 Å². The standard InChI is InChI=1S/C48H32N2/c1-2-10-33(11-3-1)35-18-23-41(24-19-35)49(42-25-20-34-12-4-5-13-36(34)28-42)43-26-21-40-30-44(27-22-39(40)29-43)50-47-17-9-8-16-45(47)46-31-37-14-6-7-15-38(37)32-48(46)50/h1-32H. The Balaban J connectivity index is 1.11. The Morgan fingerprint density at radius 1 is 0.300 bits per heavy atom. The van der Waals surface area contributed by atoms with E-state index in [0.717, 1.165) is 22.7 Å². The predicted molar refractivity (Wildman–Crippen MR) is 213 cm³/mol. The van der Waals surface area contributed by atoms with E-state index in [1.54, 1.807) is 0 Å². The Morgan fingerprint density at radius 3 is 1.58 bits per heavy atom. The first kappa shape index (κ1) is 28.4. The minimum Gasteiger partial charge on any atom is -0.310 e. The molecule has 0 aliphatic rings. The first-order chi connectivity index (χ1) is 24.8. The Bertz CT molecular complexity index is 2860. The number of para-hydroxylation sites is 1. The lowest BCUT2D eigenvalue weighted by atomic mass is 10.0. The van der Waals surface area contributed by atoms with Crippen LogP contribution in [0.5, 0.6) is 0 Å². The molecule has 2 nitrogen and oxygen atoms in total. The summed E-state index contributed by atoms with van der Waals surface area (Å²) in [6, 6.07) is 70.6. The van der Waals surface area contributed by atoms with Gasteiger partial charge in [-0.1, -0.05) is 127 Å². The topological polar surface area (TPSA) is 8.17 Å². The quantitative estimate of drug-likeness (QED) is 0.182. The number of benzene rings is 9. The zero-order valence-corrected chi connectivity index (χ0v) is 27.4. The van der Waals surface area contributed by atoms with Crippen LogP contribution < -0.4 is 4.90 Å². The molecule has 0 aliphatic heterocycles. The highest BCUT2D eigenvalue weighted by molar-refractivity contribution is 6.13. The van der Waals surface area contributed by atoms with Gasteiger partial charge in [0.25, 0.3) is 0 Å². The summed E-state index contributed by atoms with van der Waals surface area (Å²) in [7, 11) is 0. The van der Waals surface area contributed by atoms with Crippen molar-refractivity contribution >= 4 is 71.2 Å². The van der Waals surface area contributed by atoms with Crippen LogP contribution in [-0.2, 0) is 0 Å². The Hall–Kier alpha value is -6.64. The van der Waals surface area contributed by atoms with Gasteiger partial charge in [-0.15, -0.1) is 0 Å². The molecule has 9 aromatic carbocycles. The molecule has 0 bridgehead atoms. The van der Waals surface area contributed by atoms with Gasteiger partial charge in [0.2, 0.25) is 0 Å². The van der Waals surface area contributed by atoms with Crippen LogP contribution >= 0.6 is 0 Å². The van der Waals surface area contributed by atoms with Gasteiger partial charge in [-0.25, -0.2) is 0 Å². The number of hydrogen-bond acceptors (Lipinski definition) is 1. The summed E-state index contributed by atoms with van der Waals surface area (Å²) >= 11 is 0. The van der Waals surface area contributed by atoms with Gasteiger partial charge in [-0.3, -0.25) is 0 Å². The number of aromatic nitrogens is 1. The molecule has 0 atom stereocenters. The van der Waals surface area contributed by atoms with E-state index >= 15 is 0 Å². The third-order valence-electron chi connectivity index (χ3n) is 10.1. The van der Waals surface area contributed by atoms with E-state index in [1.165, 1.54) is 65.3 Å². The van der Waals surface area contributed by atoms with Crippen LogP contribution in [0.4, 0.5) is 17.1 Å². The SMILES string of the molecule is c1ccc(-c2ccc(N(c3ccc4ccccc4c3)c3ccc4cc(-n5c6ccccc6c6cc7ccccc7cc65)ccc4c3)cc2)cc1. The van der Waals surface area contributed by atoms with E-state index in [9.17, 15) is 0 Å². The highest BCUT2D eigenvalue weighted by Gasteiger charge is 2.16. The lowest BCUT2D eigenvalue weighted by Crippen LogP contribution is -2.10. The zero-order chi connectivity index (χ0) is 33.0. The summed E-state index contributed by atoms with van der Waals surface area (Å²) in [5, 5.41) is 9.92. The molecule has 10 rings (SSSR count). The highest BCUT2D eigenvalue weighted by atomic mass is 15.1. The number of fused-ring (bicyclic) bond motifs is 6. The maximum absolute atomic E-state index is 2.42. The number of hydrogen-bond donors (Lipinski definition) is 0. The summed E-state index contributed by atoms with van der Waals surface area (Å²) in [4.78, 5) is 2.37. The Kier molecular flexibility index (Phi) is 6.53. The number of anilines is 3. The van der Waals surface area contributed by atoms with Crippen molar-refractivity contribution in [2.45, 2.75) is 0 Å². The molecule has 1 aromatic heterocycles. The molecule has 0 unspecified atom stereocenters. The monoisotopic (exact) mass is 636 g/mol. The van der Waals surface area contributed by atoms with Gasteiger partial charge < -0.3 is 9.47 Å². The van der Waals surface area contributed by atoms with E-state index in [0.29, 0.717) is 0 Å². The van der Waals surface area contributed by atoms with Crippen LogP contribution in [-0.4, -0.2) is 4.57 Å². The molecule has 0 aliphatic carbocycles. The van der Waals surface area contributed by atoms with Gasteiger partial charge in [0.05, 0.1) is 11.0 Å². The van der Waals surface area contributed by atoms with E-state index in [2.05, 4.69) is 204 Å². The smallest absolute Gasteiger partial charge is 0.0547 e. The zero-order valence-electron chi connectivity index (χ0n) is 27.4. The largest absolute Gasteiger partial charge is 0.310 e. The van der Waals surface area contributed by atoms with Gasteiger partial charge >= 0.3 is 0 Å². The molecule has 234 valence electrons. The lowest BCUT2D eigenvalue weighted by molar-refractivity contribution is 1.19. The van der Waals surface area contributed by atoms with Crippen LogP contribution in [0.1, 0.15) is 0 Å². The van der Waals surface area contributed by atoms with Crippen LogP contribution in [0.25, 0.3) is 70.9 Å². The molecular formula is C48H32N2. The summed E-state index contributed by atoms with van der Waals surface area (Å²) in [5.74, 6) is 0. The normalized spacial score (nSPS) is 11.6. The molecule has 0 fully saturated rings. The average Bonchev–Trinajstić information content (AvgIpc) is 3.50. The van der Waals surface area contributed by atoms with Crippen molar-refractivity contribution in [2.24, 2.45) is 0 Å². The van der Waals surface area contributed by atoms with Crippen molar-refractivity contribution in [3.8, 4) is 16.8 Å². The van der Waals surface area contributed by atoms with Crippen molar-refractivity contribution in [1.29, 1.82) is 0 Å². The molecule has 0 radical (unpaired) electrons. The molecule has 0 amide bonds. The second kappa shape index (κ2) is 11.5.